The SMILES string of the molecule is CC(C)(C)S(=O)N[C@@H]1c2cccnc2CC12CCN(c1cnc(Sc3cccc(N)c3Cl)cn1)CC2. The standard InChI is InChI=1S/C26H31ClN6OS2/c1-25(2,3)36(34)32-24-17-6-5-11-29-19(17)14-26(24)9-12-33(13-10-26)21-15-31-22(16-30-21)35-20-8-4-7-18(28)23(20)27/h4-8,11,15-16,24,32H,9-10,12-14,28H2,1-3H3/t24-,36?/m1/s1. The summed E-state index contributed by atoms with van der Waals surface area (Å²) in [5, 5.41) is 1.31. The Morgan fingerprint density at radius 1 is 1.14 bits per heavy atom. The van der Waals surface area contributed by atoms with Crippen LogP contribution in [0.15, 0.2) is 58.8 Å². The lowest BCUT2D eigenvalue weighted by molar-refractivity contribution is 0.176. The van der Waals surface area contributed by atoms with E-state index in [4.69, 9.17) is 22.3 Å². The summed E-state index contributed by atoms with van der Waals surface area (Å²) in [5.74, 6) is 0.865. The molecule has 1 aliphatic heterocycles. The van der Waals surface area contributed by atoms with Crippen molar-refractivity contribution in [2.75, 3.05) is 23.7 Å². The zero-order valence-corrected chi connectivity index (χ0v) is 23.1. The lowest BCUT2D eigenvalue weighted by Crippen LogP contribution is -2.48. The van der Waals surface area contributed by atoms with Crippen LogP contribution in [-0.4, -0.2) is 37.0 Å². The highest BCUT2D eigenvalue weighted by Gasteiger charge is 2.49. The molecule has 3 aromatic rings. The molecule has 1 aromatic carbocycles. The van der Waals surface area contributed by atoms with Gasteiger partial charge in [0.1, 0.15) is 10.8 Å². The van der Waals surface area contributed by atoms with Crippen molar-refractivity contribution in [3.05, 3.63) is 65.2 Å². The van der Waals surface area contributed by atoms with Crippen LogP contribution in [0, 0.1) is 5.41 Å². The van der Waals surface area contributed by atoms with E-state index in [0.717, 1.165) is 53.8 Å². The van der Waals surface area contributed by atoms with Crippen molar-refractivity contribution in [1.29, 1.82) is 0 Å². The van der Waals surface area contributed by atoms with Crippen molar-refractivity contribution in [3.8, 4) is 0 Å². The number of nitrogen functional groups attached to an aromatic ring is 1. The van der Waals surface area contributed by atoms with E-state index >= 15 is 0 Å². The molecule has 7 nitrogen and oxygen atoms in total. The van der Waals surface area contributed by atoms with Crippen LogP contribution in [0.25, 0.3) is 0 Å². The molecule has 1 aliphatic carbocycles. The van der Waals surface area contributed by atoms with E-state index in [1.54, 1.807) is 12.3 Å². The van der Waals surface area contributed by atoms with Crippen LogP contribution in [0.1, 0.15) is 50.9 Å². The Labute approximate surface area is 224 Å². The average Bonchev–Trinajstić information content (AvgIpc) is 3.15. The first kappa shape index (κ1) is 25.4. The van der Waals surface area contributed by atoms with Crippen LogP contribution in [0.5, 0.6) is 0 Å². The second kappa shape index (κ2) is 9.93. The van der Waals surface area contributed by atoms with Gasteiger partial charge in [-0.05, 0) is 69.2 Å². The van der Waals surface area contributed by atoms with Crippen molar-refractivity contribution < 1.29 is 4.21 Å². The van der Waals surface area contributed by atoms with Crippen LogP contribution < -0.4 is 15.4 Å². The predicted molar refractivity (Wildman–Crippen MR) is 148 cm³/mol. The summed E-state index contributed by atoms with van der Waals surface area (Å²) in [6, 6.07) is 9.73. The second-order valence-electron chi connectivity index (χ2n) is 10.5. The highest BCUT2D eigenvalue weighted by Crippen LogP contribution is 2.52. The third-order valence-corrected chi connectivity index (χ3v) is 10.1. The van der Waals surface area contributed by atoms with Gasteiger partial charge in [-0.25, -0.2) is 18.9 Å². The van der Waals surface area contributed by atoms with E-state index < -0.39 is 11.0 Å². The summed E-state index contributed by atoms with van der Waals surface area (Å²) in [6.45, 7) is 7.73. The topological polar surface area (TPSA) is 97.0 Å². The third-order valence-electron chi connectivity index (χ3n) is 7.05. The fourth-order valence-corrected chi connectivity index (χ4v) is 6.97. The first-order chi connectivity index (χ1) is 17.2. The molecule has 36 heavy (non-hydrogen) atoms. The maximum absolute atomic E-state index is 13.1. The normalized spacial score (nSPS) is 19.9. The molecular formula is C26H31ClN6OS2. The number of nitrogens with two attached hydrogens (primary N) is 1. The number of halogens is 1. The van der Waals surface area contributed by atoms with Crippen LogP contribution >= 0.6 is 23.4 Å². The molecule has 10 heteroatoms. The van der Waals surface area contributed by atoms with Gasteiger partial charge < -0.3 is 10.6 Å². The van der Waals surface area contributed by atoms with Gasteiger partial charge in [-0.3, -0.25) is 4.98 Å². The largest absolute Gasteiger partial charge is 0.397 e. The molecule has 0 amide bonds. The number of pyridine rings is 1. The van der Waals surface area contributed by atoms with Crippen LogP contribution in [-0.2, 0) is 17.4 Å². The Kier molecular flexibility index (Phi) is 7.02. The van der Waals surface area contributed by atoms with Gasteiger partial charge in [0.25, 0.3) is 0 Å². The maximum Gasteiger partial charge on any atom is 0.147 e. The number of nitrogens with one attached hydrogen (secondary N) is 1. The van der Waals surface area contributed by atoms with Crippen molar-refractivity contribution in [1.82, 2.24) is 19.7 Å². The third kappa shape index (κ3) is 4.98. The number of aromatic nitrogens is 3. The van der Waals surface area contributed by atoms with E-state index in [9.17, 15) is 4.21 Å². The Hall–Kier alpha value is -2.20. The number of hydrogen-bond donors (Lipinski definition) is 2. The van der Waals surface area contributed by atoms with Crippen LogP contribution in [0.2, 0.25) is 5.02 Å². The highest BCUT2D eigenvalue weighted by molar-refractivity contribution is 7.99. The van der Waals surface area contributed by atoms with Gasteiger partial charge >= 0.3 is 0 Å². The molecule has 2 aliphatic rings. The molecule has 1 saturated heterocycles. The number of piperidine rings is 1. The molecule has 3 heterocycles. The quantitative estimate of drug-likeness (QED) is 0.428. The molecule has 3 N–H and O–H groups in total. The number of nitrogens with zero attached hydrogens (tertiary/aromatic N) is 4. The number of fused-ring (bicyclic) bond motifs is 1. The summed E-state index contributed by atoms with van der Waals surface area (Å²) in [4.78, 5) is 17.1. The van der Waals surface area contributed by atoms with Crippen molar-refractivity contribution >= 4 is 45.9 Å². The first-order valence-corrected chi connectivity index (χ1v) is 14.4. The minimum Gasteiger partial charge on any atom is -0.397 e. The molecular weight excluding hydrogens is 512 g/mol. The van der Waals surface area contributed by atoms with Crippen molar-refractivity contribution in [2.24, 2.45) is 5.41 Å². The maximum atomic E-state index is 13.1. The van der Waals surface area contributed by atoms with Gasteiger partial charge in [0.2, 0.25) is 0 Å². The van der Waals surface area contributed by atoms with Gasteiger partial charge in [0.15, 0.2) is 0 Å². The fraction of sp³-hybridized carbons (Fsp3) is 0.423. The molecule has 1 fully saturated rings. The zero-order valence-electron chi connectivity index (χ0n) is 20.7. The van der Waals surface area contributed by atoms with Crippen LogP contribution in [0.3, 0.4) is 0 Å². The summed E-state index contributed by atoms with van der Waals surface area (Å²) >= 11 is 7.78. The summed E-state index contributed by atoms with van der Waals surface area (Å²) in [5.41, 5.74) is 8.76. The summed E-state index contributed by atoms with van der Waals surface area (Å²) in [6.07, 6.45) is 8.29. The average molecular weight is 543 g/mol. The van der Waals surface area contributed by atoms with Gasteiger partial charge in [-0.1, -0.05) is 35.5 Å². The second-order valence-corrected chi connectivity index (χ2v) is 13.9. The molecule has 0 saturated carbocycles. The Bertz CT molecular complexity index is 1270. The van der Waals surface area contributed by atoms with E-state index in [0.29, 0.717) is 10.7 Å². The lowest BCUT2D eigenvalue weighted by Gasteiger charge is -2.44. The van der Waals surface area contributed by atoms with Gasteiger partial charge in [0, 0.05) is 29.9 Å². The van der Waals surface area contributed by atoms with Crippen molar-refractivity contribution in [3.63, 3.8) is 0 Å². The van der Waals surface area contributed by atoms with E-state index in [1.165, 1.54) is 17.3 Å². The van der Waals surface area contributed by atoms with Crippen molar-refractivity contribution in [2.45, 2.75) is 60.7 Å². The monoisotopic (exact) mass is 542 g/mol. The first-order valence-electron chi connectivity index (χ1n) is 12.1. The summed E-state index contributed by atoms with van der Waals surface area (Å²) in [7, 11) is -1.16. The molecule has 2 atom stereocenters. The molecule has 2 aromatic heterocycles. The number of benzene rings is 1. The predicted octanol–water partition coefficient (Wildman–Crippen LogP) is 5.19. The molecule has 1 unspecified atom stereocenters. The smallest absolute Gasteiger partial charge is 0.147 e. The van der Waals surface area contributed by atoms with E-state index in [1.807, 2.05) is 51.4 Å². The summed E-state index contributed by atoms with van der Waals surface area (Å²) < 4.78 is 16.2. The Balaban J connectivity index is 1.29. The van der Waals surface area contributed by atoms with Crippen LogP contribution in [0.4, 0.5) is 11.5 Å². The van der Waals surface area contributed by atoms with E-state index in [-0.39, 0.29) is 16.2 Å². The number of anilines is 2. The molecule has 5 rings (SSSR count). The molecule has 1 spiro atoms. The Morgan fingerprint density at radius 3 is 2.61 bits per heavy atom. The highest BCUT2D eigenvalue weighted by atomic mass is 35.5. The molecule has 0 radical (unpaired) electrons. The minimum atomic E-state index is -1.16. The van der Waals surface area contributed by atoms with Gasteiger partial charge in [-0.15, -0.1) is 0 Å². The number of rotatable bonds is 5. The Morgan fingerprint density at radius 2 is 1.92 bits per heavy atom. The fourth-order valence-electron chi connectivity index (χ4n) is 4.99. The molecule has 190 valence electrons. The lowest BCUT2D eigenvalue weighted by atomic mass is 9.73. The van der Waals surface area contributed by atoms with E-state index in [2.05, 4.69) is 25.7 Å². The zero-order chi connectivity index (χ0) is 25.5. The van der Waals surface area contributed by atoms with Gasteiger partial charge in [0.05, 0.1) is 44.9 Å². The minimum absolute atomic E-state index is 0.0126. The number of hydrogen-bond acceptors (Lipinski definition) is 7. The molecule has 0 bridgehead atoms. The van der Waals surface area contributed by atoms with Gasteiger partial charge in [-0.2, -0.15) is 0 Å².